The lowest BCUT2D eigenvalue weighted by atomic mass is 10.1. The molecule has 1 aromatic heterocycles. The van der Waals surface area contributed by atoms with Crippen LogP contribution in [0.3, 0.4) is 0 Å². The Kier molecular flexibility index (Phi) is 5.60. The van der Waals surface area contributed by atoms with Gasteiger partial charge < -0.3 is 9.73 Å². The van der Waals surface area contributed by atoms with Crippen molar-refractivity contribution in [3.63, 3.8) is 0 Å². The molecule has 0 unspecified atom stereocenters. The number of carbonyl (C=O) groups is 2. The van der Waals surface area contributed by atoms with E-state index >= 15 is 0 Å². The van der Waals surface area contributed by atoms with Crippen molar-refractivity contribution in [2.24, 2.45) is 5.10 Å². The summed E-state index contributed by atoms with van der Waals surface area (Å²) < 4.78 is 5.82. The SMILES string of the molecule is O=C(Nc1ccccc1C(=O)N/N=C\c1ccc(Br)o1)c1ccccc1. The second-order valence-corrected chi connectivity index (χ2v) is 5.99. The van der Waals surface area contributed by atoms with Crippen molar-refractivity contribution in [1.82, 2.24) is 5.43 Å². The summed E-state index contributed by atoms with van der Waals surface area (Å²) in [4.78, 5) is 24.7. The smallest absolute Gasteiger partial charge is 0.273 e. The molecule has 6 nitrogen and oxygen atoms in total. The Morgan fingerprint density at radius 3 is 2.38 bits per heavy atom. The van der Waals surface area contributed by atoms with Crippen LogP contribution in [0.5, 0.6) is 0 Å². The monoisotopic (exact) mass is 411 g/mol. The Hall–Kier alpha value is -3.19. The van der Waals surface area contributed by atoms with Crippen molar-refractivity contribution in [3.8, 4) is 0 Å². The van der Waals surface area contributed by atoms with Crippen LogP contribution in [0, 0.1) is 0 Å². The Balaban J connectivity index is 1.71. The Labute approximate surface area is 158 Å². The highest BCUT2D eigenvalue weighted by Crippen LogP contribution is 2.16. The van der Waals surface area contributed by atoms with Crippen LogP contribution >= 0.6 is 15.9 Å². The number of hydrogen-bond donors (Lipinski definition) is 2. The predicted octanol–water partition coefficient (Wildman–Crippen LogP) is 4.06. The van der Waals surface area contributed by atoms with Crippen molar-refractivity contribution in [2.45, 2.75) is 0 Å². The molecular weight excluding hydrogens is 398 g/mol. The van der Waals surface area contributed by atoms with Gasteiger partial charge in [0.05, 0.1) is 17.5 Å². The number of nitrogens with zero attached hydrogens (tertiary/aromatic N) is 1. The topological polar surface area (TPSA) is 83.7 Å². The molecule has 7 heteroatoms. The third-order valence-electron chi connectivity index (χ3n) is 3.41. The van der Waals surface area contributed by atoms with Gasteiger partial charge in [-0.2, -0.15) is 5.10 Å². The number of amides is 2. The summed E-state index contributed by atoms with van der Waals surface area (Å²) in [5.41, 5.74) is 3.62. The van der Waals surface area contributed by atoms with E-state index in [1.54, 1.807) is 60.7 Å². The summed E-state index contributed by atoms with van der Waals surface area (Å²) in [7, 11) is 0. The number of furan rings is 1. The molecule has 0 saturated carbocycles. The maximum Gasteiger partial charge on any atom is 0.273 e. The van der Waals surface area contributed by atoms with Crippen molar-refractivity contribution < 1.29 is 14.0 Å². The number of para-hydroxylation sites is 1. The molecule has 3 aromatic rings. The van der Waals surface area contributed by atoms with Crippen LogP contribution in [-0.2, 0) is 0 Å². The molecule has 26 heavy (non-hydrogen) atoms. The van der Waals surface area contributed by atoms with Gasteiger partial charge in [0.1, 0.15) is 5.76 Å². The van der Waals surface area contributed by atoms with Gasteiger partial charge in [0.2, 0.25) is 0 Å². The summed E-state index contributed by atoms with van der Waals surface area (Å²) in [5.74, 6) is -0.256. The van der Waals surface area contributed by atoms with Crippen LogP contribution < -0.4 is 10.7 Å². The summed E-state index contributed by atoms with van der Waals surface area (Å²) in [5, 5.41) is 6.60. The molecule has 130 valence electrons. The van der Waals surface area contributed by atoms with Gasteiger partial charge in [-0.15, -0.1) is 0 Å². The lowest BCUT2D eigenvalue weighted by Crippen LogP contribution is -2.21. The Bertz CT molecular complexity index is 951. The van der Waals surface area contributed by atoms with E-state index in [4.69, 9.17) is 4.42 Å². The summed E-state index contributed by atoms with van der Waals surface area (Å²) >= 11 is 3.19. The summed E-state index contributed by atoms with van der Waals surface area (Å²) in [6.07, 6.45) is 1.38. The third kappa shape index (κ3) is 4.46. The van der Waals surface area contributed by atoms with Gasteiger partial charge in [0.15, 0.2) is 4.67 Å². The van der Waals surface area contributed by atoms with Crippen LogP contribution in [-0.4, -0.2) is 18.0 Å². The Morgan fingerprint density at radius 2 is 1.65 bits per heavy atom. The average molecular weight is 412 g/mol. The number of rotatable bonds is 5. The van der Waals surface area contributed by atoms with Crippen LogP contribution in [0.25, 0.3) is 0 Å². The van der Waals surface area contributed by atoms with Crippen LogP contribution in [0.2, 0.25) is 0 Å². The van der Waals surface area contributed by atoms with Gasteiger partial charge in [-0.25, -0.2) is 5.43 Å². The van der Waals surface area contributed by atoms with Crippen LogP contribution in [0.15, 0.2) is 80.9 Å². The van der Waals surface area contributed by atoms with E-state index in [0.29, 0.717) is 27.2 Å². The molecular formula is C19H14BrN3O3. The molecule has 3 rings (SSSR count). The molecule has 0 fully saturated rings. The van der Waals surface area contributed by atoms with Crippen molar-refractivity contribution in [3.05, 3.63) is 88.3 Å². The molecule has 2 N–H and O–H groups in total. The van der Waals surface area contributed by atoms with Gasteiger partial charge in [0.25, 0.3) is 11.8 Å². The van der Waals surface area contributed by atoms with Crippen LogP contribution in [0.1, 0.15) is 26.5 Å². The first-order chi connectivity index (χ1) is 12.6. The minimum Gasteiger partial charge on any atom is -0.448 e. The molecule has 0 spiro atoms. The second-order valence-electron chi connectivity index (χ2n) is 5.21. The fourth-order valence-corrected chi connectivity index (χ4v) is 2.51. The lowest BCUT2D eigenvalue weighted by Gasteiger charge is -2.09. The standard InChI is InChI=1S/C19H14BrN3O3/c20-17-11-10-14(26-17)12-21-23-19(25)15-8-4-5-9-16(15)22-18(24)13-6-2-1-3-7-13/h1-12H,(H,22,24)(H,23,25)/b21-12-. The van der Waals surface area contributed by atoms with E-state index in [-0.39, 0.29) is 5.91 Å². The molecule has 0 aliphatic heterocycles. The normalized spacial score (nSPS) is 10.7. The fraction of sp³-hybridized carbons (Fsp3) is 0. The average Bonchev–Trinajstić information content (AvgIpc) is 3.08. The molecule has 0 saturated heterocycles. The van der Waals surface area contributed by atoms with Crippen molar-refractivity contribution >= 4 is 39.6 Å². The van der Waals surface area contributed by atoms with E-state index < -0.39 is 5.91 Å². The molecule has 0 aliphatic carbocycles. The number of halogens is 1. The minimum absolute atomic E-state index is 0.296. The van der Waals surface area contributed by atoms with Gasteiger partial charge in [0, 0.05) is 5.56 Å². The minimum atomic E-state index is -0.448. The van der Waals surface area contributed by atoms with E-state index in [2.05, 4.69) is 31.8 Å². The van der Waals surface area contributed by atoms with E-state index in [0.717, 1.165) is 0 Å². The summed E-state index contributed by atoms with van der Waals surface area (Å²) in [6, 6.07) is 18.9. The van der Waals surface area contributed by atoms with E-state index in [9.17, 15) is 9.59 Å². The maximum absolute atomic E-state index is 12.4. The van der Waals surface area contributed by atoms with E-state index in [1.165, 1.54) is 6.21 Å². The maximum atomic E-state index is 12.4. The van der Waals surface area contributed by atoms with Crippen LogP contribution in [0.4, 0.5) is 5.69 Å². The second kappa shape index (κ2) is 8.26. The van der Waals surface area contributed by atoms with Gasteiger partial charge in [-0.3, -0.25) is 9.59 Å². The number of hydrogen-bond acceptors (Lipinski definition) is 4. The molecule has 2 aromatic carbocycles. The van der Waals surface area contributed by atoms with Gasteiger partial charge in [-0.05, 0) is 52.3 Å². The highest BCUT2D eigenvalue weighted by Gasteiger charge is 2.13. The lowest BCUT2D eigenvalue weighted by molar-refractivity contribution is 0.0956. The highest BCUT2D eigenvalue weighted by atomic mass is 79.9. The van der Waals surface area contributed by atoms with E-state index in [1.807, 2.05) is 6.07 Å². The zero-order valence-electron chi connectivity index (χ0n) is 13.5. The molecule has 0 aliphatic rings. The van der Waals surface area contributed by atoms with Gasteiger partial charge in [-0.1, -0.05) is 30.3 Å². The highest BCUT2D eigenvalue weighted by molar-refractivity contribution is 9.10. The Morgan fingerprint density at radius 1 is 0.923 bits per heavy atom. The first kappa shape index (κ1) is 17.6. The third-order valence-corrected chi connectivity index (χ3v) is 3.83. The molecule has 1 heterocycles. The first-order valence-corrected chi connectivity index (χ1v) is 8.47. The zero-order valence-corrected chi connectivity index (χ0v) is 15.1. The summed E-state index contributed by atoms with van der Waals surface area (Å²) in [6.45, 7) is 0. The van der Waals surface area contributed by atoms with Crippen molar-refractivity contribution in [1.29, 1.82) is 0 Å². The van der Waals surface area contributed by atoms with Gasteiger partial charge >= 0.3 is 0 Å². The molecule has 2 amide bonds. The first-order valence-electron chi connectivity index (χ1n) is 7.67. The fourth-order valence-electron chi connectivity index (χ4n) is 2.19. The number of carbonyl (C=O) groups excluding carboxylic acids is 2. The zero-order chi connectivity index (χ0) is 18.4. The molecule has 0 bridgehead atoms. The predicted molar refractivity (Wildman–Crippen MR) is 102 cm³/mol. The number of benzene rings is 2. The number of nitrogens with one attached hydrogen (secondary N) is 2. The molecule has 0 radical (unpaired) electrons. The quantitative estimate of drug-likeness (QED) is 0.490. The number of hydrazone groups is 1. The van der Waals surface area contributed by atoms with Crippen molar-refractivity contribution in [2.75, 3.05) is 5.32 Å². The number of anilines is 1. The molecule has 0 atom stereocenters. The largest absolute Gasteiger partial charge is 0.448 e.